The Bertz CT molecular complexity index is 406. The van der Waals surface area contributed by atoms with Crippen molar-refractivity contribution in [3.8, 4) is 0 Å². The fourth-order valence-electron chi connectivity index (χ4n) is 1.72. The van der Waals surface area contributed by atoms with Crippen molar-refractivity contribution in [2.75, 3.05) is 20.6 Å². The highest BCUT2D eigenvalue weighted by molar-refractivity contribution is 5.87. The van der Waals surface area contributed by atoms with Crippen LogP contribution in [0.1, 0.15) is 5.56 Å². The molecule has 0 spiro atoms. The molecule has 3 N–H and O–H groups in total. The fraction of sp³-hybridized carbons (Fsp3) is 0.385. The molecule has 0 aromatic heterocycles. The third-order valence-corrected chi connectivity index (χ3v) is 2.79. The number of benzene rings is 1. The zero-order chi connectivity index (χ0) is 13.5. The van der Waals surface area contributed by atoms with Crippen LogP contribution in [0.2, 0.25) is 0 Å². The van der Waals surface area contributed by atoms with Gasteiger partial charge in [0, 0.05) is 13.5 Å². The van der Waals surface area contributed by atoms with Gasteiger partial charge in [0.05, 0.1) is 6.54 Å². The number of likely N-dealkylation sites (N-methyl/N-ethyl adjacent to an activating group) is 2. The van der Waals surface area contributed by atoms with Crippen LogP contribution >= 0.6 is 0 Å². The van der Waals surface area contributed by atoms with Crippen molar-refractivity contribution in [2.24, 2.45) is 5.73 Å². The summed E-state index contributed by atoms with van der Waals surface area (Å²) in [5.41, 5.74) is 6.34. The van der Waals surface area contributed by atoms with Crippen molar-refractivity contribution in [1.29, 1.82) is 0 Å². The molecule has 0 unspecified atom stereocenters. The molecule has 5 nitrogen and oxygen atoms in total. The number of primary amides is 1. The van der Waals surface area contributed by atoms with E-state index in [1.165, 1.54) is 4.90 Å². The van der Waals surface area contributed by atoms with Gasteiger partial charge in [0.25, 0.3) is 0 Å². The van der Waals surface area contributed by atoms with Gasteiger partial charge in [-0.15, -0.1) is 0 Å². The third kappa shape index (κ3) is 3.85. The Balaban J connectivity index is 2.77. The summed E-state index contributed by atoms with van der Waals surface area (Å²) >= 11 is 0. The van der Waals surface area contributed by atoms with Crippen LogP contribution < -0.4 is 11.1 Å². The largest absolute Gasteiger partial charge is 0.368 e. The highest BCUT2D eigenvalue weighted by Gasteiger charge is 2.24. The molecular weight excluding hydrogens is 230 g/mol. The average molecular weight is 249 g/mol. The summed E-state index contributed by atoms with van der Waals surface area (Å²) in [5.74, 6) is -0.650. The predicted octanol–water partition coefficient (Wildman–Crippen LogP) is -0.239. The summed E-state index contributed by atoms with van der Waals surface area (Å²) in [6.07, 6.45) is 0.433. The molecule has 0 aliphatic heterocycles. The maximum Gasteiger partial charge on any atom is 0.240 e. The van der Waals surface area contributed by atoms with Crippen molar-refractivity contribution in [1.82, 2.24) is 10.2 Å². The topological polar surface area (TPSA) is 75.4 Å². The lowest BCUT2D eigenvalue weighted by Crippen LogP contribution is -2.49. The van der Waals surface area contributed by atoms with E-state index in [-0.39, 0.29) is 12.5 Å². The van der Waals surface area contributed by atoms with Gasteiger partial charge in [0.15, 0.2) is 0 Å². The molecule has 1 rings (SSSR count). The first kappa shape index (κ1) is 14.2. The first-order valence-electron chi connectivity index (χ1n) is 5.79. The third-order valence-electron chi connectivity index (χ3n) is 2.79. The van der Waals surface area contributed by atoms with E-state index in [2.05, 4.69) is 5.32 Å². The van der Waals surface area contributed by atoms with Crippen LogP contribution in [-0.4, -0.2) is 43.4 Å². The Morgan fingerprint density at radius 2 is 1.94 bits per heavy atom. The van der Waals surface area contributed by atoms with Crippen molar-refractivity contribution in [3.05, 3.63) is 35.9 Å². The molecule has 98 valence electrons. The van der Waals surface area contributed by atoms with E-state index in [0.29, 0.717) is 6.42 Å². The first-order chi connectivity index (χ1) is 8.56. The van der Waals surface area contributed by atoms with Crippen LogP contribution in [0.15, 0.2) is 30.3 Å². The van der Waals surface area contributed by atoms with Crippen LogP contribution in [0, 0.1) is 0 Å². The number of nitrogens with zero attached hydrogens (tertiary/aromatic N) is 1. The second-order valence-electron chi connectivity index (χ2n) is 4.14. The Labute approximate surface area is 107 Å². The van der Waals surface area contributed by atoms with E-state index in [9.17, 15) is 9.59 Å². The van der Waals surface area contributed by atoms with Crippen molar-refractivity contribution < 1.29 is 9.59 Å². The van der Waals surface area contributed by atoms with E-state index in [1.54, 1.807) is 14.1 Å². The summed E-state index contributed by atoms with van der Waals surface area (Å²) in [5, 5.41) is 2.76. The minimum absolute atomic E-state index is 0.155. The smallest absolute Gasteiger partial charge is 0.240 e. The Kier molecular flexibility index (Phi) is 5.32. The second kappa shape index (κ2) is 6.76. The molecule has 0 bridgehead atoms. The molecule has 2 amide bonds. The Morgan fingerprint density at radius 1 is 1.33 bits per heavy atom. The molecule has 0 heterocycles. The van der Waals surface area contributed by atoms with E-state index in [4.69, 9.17) is 5.73 Å². The lowest BCUT2D eigenvalue weighted by molar-refractivity contribution is -0.136. The van der Waals surface area contributed by atoms with Crippen molar-refractivity contribution in [3.63, 3.8) is 0 Å². The molecule has 0 aliphatic carbocycles. The molecule has 1 atom stereocenters. The SMILES string of the molecule is CNCC(=O)N(C)[C@@H](Cc1ccccc1)C(N)=O. The minimum atomic E-state index is -0.617. The molecule has 0 saturated heterocycles. The van der Waals surface area contributed by atoms with Crippen molar-refractivity contribution in [2.45, 2.75) is 12.5 Å². The average Bonchev–Trinajstić information content (AvgIpc) is 2.36. The zero-order valence-corrected chi connectivity index (χ0v) is 10.7. The summed E-state index contributed by atoms with van der Waals surface area (Å²) in [4.78, 5) is 24.6. The molecule has 0 fully saturated rings. The van der Waals surface area contributed by atoms with Crippen LogP contribution in [0.3, 0.4) is 0 Å². The minimum Gasteiger partial charge on any atom is -0.368 e. The van der Waals surface area contributed by atoms with E-state index in [1.807, 2.05) is 30.3 Å². The summed E-state index contributed by atoms with van der Waals surface area (Å²) < 4.78 is 0. The Hall–Kier alpha value is -1.88. The zero-order valence-electron chi connectivity index (χ0n) is 10.7. The normalized spacial score (nSPS) is 11.9. The van der Waals surface area contributed by atoms with Crippen LogP contribution in [0.5, 0.6) is 0 Å². The number of carbonyl (C=O) groups is 2. The van der Waals surface area contributed by atoms with Crippen molar-refractivity contribution >= 4 is 11.8 Å². The van der Waals surface area contributed by atoms with Gasteiger partial charge in [-0.05, 0) is 12.6 Å². The van der Waals surface area contributed by atoms with E-state index < -0.39 is 11.9 Å². The van der Waals surface area contributed by atoms with Gasteiger partial charge in [0.1, 0.15) is 6.04 Å². The van der Waals surface area contributed by atoms with Gasteiger partial charge in [-0.25, -0.2) is 0 Å². The maximum absolute atomic E-state index is 11.7. The first-order valence-corrected chi connectivity index (χ1v) is 5.79. The molecule has 1 aromatic rings. The summed E-state index contributed by atoms with van der Waals surface area (Å²) in [7, 11) is 3.28. The fourth-order valence-corrected chi connectivity index (χ4v) is 1.72. The van der Waals surface area contributed by atoms with Gasteiger partial charge in [-0.1, -0.05) is 30.3 Å². The predicted molar refractivity (Wildman–Crippen MR) is 69.8 cm³/mol. The lowest BCUT2D eigenvalue weighted by Gasteiger charge is -2.25. The number of hydrogen-bond donors (Lipinski definition) is 2. The van der Waals surface area contributed by atoms with Crippen LogP contribution in [-0.2, 0) is 16.0 Å². The number of nitrogens with two attached hydrogens (primary N) is 1. The number of carbonyl (C=O) groups excluding carboxylic acids is 2. The van der Waals surface area contributed by atoms with Crippen LogP contribution in [0.4, 0.5) is 0 Å². The molecule has 5 heteroatoms. The number of rotatable bonds is 6. The summed E-state index contributed by atoms with van der Waals surface area (Å²) in [6.45, 7) is 0.190. The number of amides is 2. The molecule has 18 heavy (non-hydrogen) atoms. The highest BCUT2D eigenvalue weighted by Crippen LogP contribution is 2.07. The maximum atomic E-state index is 11.7. The standard InChI is InChI=1S/C13H19N3O2/c1-15-9-12(17)16(2)11(13(14)18)8-10-6-4-3-5-7-10/h3-7,11,15H,8-9H2,1-2H3,(H2,14,18)/t11-/m0/s1. The molecule has 1 aromatic carbocycles. The quantitative estimate of drug-likeness (QED) is 0.730. The Morgan fingerprint density at radius 3 is 2.44 bits per heavy atom. The second-order valence-corrected chi connectivity index (χ2v) is 4.14. The number of hydrogen-bond acceptors (Lipinski definition) is 3. The van der Waals surface area contributed by atoms with E-state index in [0.717, 1.165) is 5.56 Å². The van der Waals surface area contributed by atoms with Gasteiger partial charge >= 0.3 is 0 Å². The van der Waals surface area contributed by atoms with Crippen LogP contribution in [0.25, 0.3) is 0 Å². The van der Waals surface area contributed by atoms with E-state index >= 15 is 0 Å². The molecular formula is C13H19N3O2. The summed E-state index contributed by atoms with van der Waals surface area (Å²) in [6, 6.07) is 8.89. The van der Waals surface area contributed by atoms with Gasteiger partial charge in [-0.2, -0.15) is 0 Å². The number of nitrogens with one attached hydrogen (secondary N) is 1. The monoisotopic (exact) mass is 249 g/mol. The van der Waals surface area contributed by atoms with Gasteiger partial charge in [-0.3, -0.25) is 9.59 Å². The molecule has 0 radical (unpaired) electrons. The van der Waals surface area contributed by atoms with Gasteiger partial charge in [0.2, 0.25) is 11.8 Å². The van der Waals surface area contributed by atoms with Gasteiger partial charge < -0.3 is 16.0 Å². The lowest BCUT2D eigenvalue weighted by atomic mass is 10.0. The molecule has 0 aliphatic rings. The molecule has 0 saturated carbocycles. The highest BCUT2D eigenvalue weighted by atomic mass is 16.2.